The molecule has 0 aromatic heterocycles. The normalized spacial score (nSPS) is 10.7. The quantitative estimate of drug-likeness (QED) is 0.654. The van der Waals surface area contributed by atoms with Gasteiger partial charge in [0.05, 0.1) is 18.2 Å². The maximum absolute atomic E-state index is 12.2. The van der Waals surface area contributed by atoms with Crippen molar-refractivity contribution in [2.45, 2.75) is 6.92 Å². The minimum atomic E-state index is -0.471. The minimum absolute atomic E-state index is 0.0102. The van der Waals surface area contributed by atoms with E-state index in [2.05, 4.69) is 0 Å². The molecule has 0 atom stereocenters. The number of aromatic hydroxyl groups is 2. The molecule has 118 valence electrons. The lowest BCUT2D eigenvalue weighted by atomic mass is 10.0. The maximum atomic E-state index is 12.2. The van der Waals surface area contributed by atoms with Crippen LogP contribution in [-0.2, 0) is 0 Å². The number of ether oxygens (including phenoxy) is 1. The second-order valence-electron chi connectivity index (χ2n) is 4.91. The summed E-state index contributed by atoms with van der Waals surface area (Å²) in [5, 5.41) is 19.4. The summed E-state index contributed by atoms with van der Waals surface area (Å²) in [7, 11) is 1.56. The Balaban J connectivity index is 2.27. The first-order valence-electron chi connectivity index (χ1n) is 6.85. The van der Waals surface area contributed by atoms with Crippen molar-refractivity contribution in [1.82, 2.24) is 0 Å². The average molecular weight is 312 g/mol. The highest BCUT2D eigenvalue weighted by Crippen LogP contribution is 2.28. The molecule has 0 saturated heterocycles. The van der Waals surface area contributed by atoms with Crippen molar-refractivity contribution in [3.63, 3.8) is 0 Å². The number of benzene rings is 2. The fraction of sp³-hybridized carbons (Fsp3) is 0.111. The first kappa shape index (κ1) is 16.3. The number of hydrogen-bond donors (Lipinski definition) is 2. The van der Waals surface area contributed by atoms with Gasteiger partial charge >= 0.3 is 0 Å². The van der Waals surface area contributed by atoms with Gasteiger partial charge in [-0.25, -0.2) is 0 Å². The van der Waals surface area contributed by atoms with Crippen molar-refractivity contribution in [2.75, 3.05) is 7.11 Å². The fourth-order valence-corrected chi connectivity index (χ4v) is 2.03. The van der Waals surface area contributed by atoms with Crippen LogP contribution >= 0.6 is 0 Å². The lowest BCUT2D eigenvalue weighted by Gasteiger charge is -2.06. The number of allylic oxidation sites excluding steroid dienone is 1. The van der Waals surface area contributed by atoms with Crippen LogP contribution in [0, 0.1) is 0 Å². The standard InChI is InChI=1S/C18H16O5/c1-11(19)14-9-15(18(22)10-17(14)21)16(20)8-5-12-3-6-13(23-2)7-4-12/h3-10,21-22H,1-2H3/b8-5-. The van der Waals surface area contributed by atoms with Crippen molar-refractivity contribution >= 4 is 17.6 Å². The molecule has 0 amide bonds. The lowest BCUT2D eigenvalue weighted by molar-refractivity contribution is 0.101. The van der Waals surface area contributed by atoms with Gasteiger partial charge in [-0.3, -0.25) is 9.59 Å². The second-order valence-corrected chi connectivity index (χ2v) is 4.91. The number of ketones is 2. The Morgan fingerprint density at radius 3 is 2.17 bits per heavy atom. The van der Waals surface area contributed by atoms with Gasteiger partial charge in [0.15, 0.2) is 11.6 Å². The molecule has 0 aliphatic rings. The molecule has 0 fully saturated rings. The van der Waals surface area contributed by atoms with E-state index in [4.69, 9.17) is 4.74 Å². The Labute approximate surface area is 133 Å². The zero-order valence-corrected chi connectivity index (χ0v) is 12.7. The van der Waals surface area contributed by atoms with Gasteiger partial charge < -0.3 is 14.9 Å². The van der Waals surface area contributed by atoms with Crippen LogP contribution in [0.3, 0.4) is 0 Å². The second kappa shape index (κ2) is 6.79. The van der Waals surface area contributed by atoms with Gasteiger partial charge in [0, 0.05) is 6.07 Å². The highest BCUT2D eigenvalue weighted by molar-refractivity contribution is 6.10. The van der Waals surface area contributed by atoms with E-state index in [1.807, 2.05) is 0 Å². The Morgan fingerprint density at radius 2 is 1.61 bits per heavy atom. The lowest BCUT2D eigenvalue weighted by Crippen LogP contribution is -2.00. The van der Waals surface area contributed by atoms with Gasteiger partial charge in [-0.05, 0) is 36.8 Å². The number of carbonyl (C=O) groups is 2. The minimum Gasteiger partial charge on any atom is -0.507 e. The van der Waals surface area contributed by atoms with Gasteiger partial charge in [0.2, 0.25) is 0 Å². The SMILES string of the molecule is COc1ccc(/C=C\C(=O)c2cc(C(C)=O)c(O)cc2O)cc1. The highest BCUT2D eigenvalue weighted by atomic mass is 16.5. The van der Waals surface area contributed by atoms with Gasteiger partial charge in [-0.2, -0.15) is 0 Å². The van der Waals surface area contributed by atoms with Crippen molar-refractivity contribution in [2.24, 2.45) is 0 Å². The van der Waals surface area contributed by atoms with E-state index in [-0.39, 0.29) is 22.6 Å². The molecule has 2 N–H and O–H groups in total. The molecule has 0 aliphatic carbocycles. The Kier molecular flexibility index (Phi) is 4.81. The van der Waals surface area contributed by atoms with Crippen LogP contribution in [0.2, 0.25) is 0 Å². The van der Waals surface area contributed by atoms with Crippen molar-refractivity contribution in [3.05, 3.63) is 59.2 Å². The molecule has 2 aromatic carbocycles. The van der Waals surface area contributed by atoms with Crippen molar-refractivity contribution in [3.8, 4) is 17.2 Å². The zero-order valence-electron chi connectivity index (χ0n) is 12.7. The summed E-state index contributed by atoms with van der Waals surface area (Å²) < 4.78 is 5.05. The van der Waals surface area contributed by atoms with Crippen molar-refractivity contribution in [1.29, 1.82) is 0 Å². The van der Waals surface area contributed by atoms with Crippen LogP contribution in [-0.4, -0.2) is 28.9 Å². The third-order valence-corrected chi connectivity index (χ3v) is 3.30. The monoisotopic (exact) mass is 312 g/mol. The molecule has 0 aliphatic heterocycles. The molecule has 0 bridgehead atoms. The average Bonchev–Trinajstić information content (AvgIpc) is 2.52. The Bertz CT molecular complexity index is 773. The largest absolute Gasteiger partial charge is 0.507 e. The molecule has 0 spiro atoms. The third kappa shape index (κ3) is 3.77. The van der Waals surface area contributed by atoms with Crippen LogP contribution in [0.4, 0.5) is 0 Å². The molecular formula is C18H16O5. The molecule has 0 unspecified atom stereocenters. The first-order valence-corrected chi connectivity index (χ1v) is 6.85. The molecule has 23 heavy (non-hydrogen) atoms. The molecule has 2 rings (SSSR count). The number of phenolic OH excluding ortho intramolecular Hbond substituents is 2. The summed E-state index contributed by atoms with van der Waals surface area (Å²) in [4.78, 5) is 23.6. The molecule has 5 heteroatoms. The topological polar surface area (TPSA) is 83.8 Å². The smallest absolute Gasteiger partial charge is 0.189 e. The van der Waals surface area contributed by atoms with Crippen LogP contribution in [0.25, 0.3) is 6.08 Å². The summed E-state index contributed by atoms with van der Waals surface area (Å²) in [6.45, 7) is 1.27. The summed E-state index contributed by atoms with van der Waals surface area (Å²) in [5.74, 6) is -0.894. The number of carbonyl (C=O) groups excluding carboxylic acids is 2. The van der Waals surface area contributed by atoms with E-state index in [1.54, 1.807) is 37.5 Å². The third-order valence-electron chi connectivity index (χ3n) is 3.30. The van der Waals surface area contributed by atoms with E-state index in [9.17, 15) is 19.8 Å². The summed E-state index contributed by atoms with van der Waals surface area (Å²) in [6.07, 6.45) is 2.87. The van der Waals surface area contributed by atoms with E-state index < -0.39 is 11.6 Å². The zero-order chi connectivity index (χ0) is 17.0. The first-order chi connectivity index (χ1) is 10.9. The Morgan fingerprint density at radius 1 is 1.00 bits per heavy atom. The number of rotatable bonds is 5. The molecule has 2 aromatic rings. The van der Waals surface area contributed by atoms with Crippen LogP contribution in [0.1, 0.15) is 33.2 Å². The van der Waals surface area contributed by atoms with E-state index in [0.717, 1.165) is 11.6 Å². The number of methoxy groups -OCH3 is 1. The predicted octanol–water partition coefficient (Wildman–Crippen LogP) is 3.21. The van der Waals surface area contributed by atoms with Gasteiger partial charge in [-0.15, -0.1) is 0 Å². The molecule has 0 heterocycles. The molecular weight excluding hydrogens is 296 g/mol. The van der Waals surface area contributed by atoms with Crippen molar-refractivity contribution < 1.29 is 24.5 Å². The van der Waals surface area contributed by atoms with Gasteiger partial charge in [0.1, 0.15) is 17.2 Å². The van der Waals surface area contributed by atoms with E-state index >= 15 is 0 Å². The van der Waals surface area contributed by atoms with Crippen LogP contribution < -0.4 is 4.74 Å². The van der Waals surface area contributed by atoms with Gasteiger partial charge in [-0.1, -0.05) is 18.2 Å². The maximum Gasteiger partial charge on any atom is 0.189 e. The van der Waals surface area contributed by atoms with Gasteiger partial charge in [0.25, 0.3) is 0 Å². The summed E-state index contributed by atoms with van der Waals surface area (Å²) in [6, 6.07) is 9.26. The summed E-state index contributed by atoms with van der Waals surface area (Å²) in [5.41, 5.74) is 0.728. The molecule has 0 saturated carbocycles. The van der Waals surface area contributed by atoms with E-state index in [0.29, 0.717) is 5.75 Å². The number of phenols is 2. The van der Waals surface area contributed by atoms with Crippen LogP contribution in [0.15, 0.2) is 42.5 Å². The van der Waals surface area contributed by atoms with E-state index in [1.165, 1.54) is 19.1 Å². The number of Topliss-reactive ketones (excluding diaryl/α,β-unsaturated/α-hetero) is 1. The Hall–Kier alpha value is -3.08. The molecule has 5 nitrogen and oxygen atoms in total. The highest BCUT2D eigenvalue weighted by Gasteiger charge is 2.15. The van der Waals surface area contributed by atoms with Crippen LogP contribution in [0.5, 0.6) is 17.2 Å². The molecule has 0 radical (unpaired) electrons. The number of hydrogen-bond acceptors (Lipinski definition) is 5. The summed E-state index contributed by atoms with van der Waals surface area (Å²) >= 11 is 0. The predicted molar refractivity (Wildman–Crippen MR) is 86.1 cm³/mol. The fourth-order valence-electron chi connectivity index (χ4n) is 2.03.